The second-order valence-electron chi connectivity index (χ2n) is 2.70. The molecule has 0 bridgehead atoms. The molecule has 0 rings (SSSR count). The van der Waals surface area contributed by atoms with Crippen LogP contribution in [-0.4, -0.2) is 44.2 Å². The van der Waals surface area contributed by atoms with E-state index in [0.29, 0.717) is 11.5 Å². The Hall–Kier alpha value is -0.360. The standard InChI is InChI=1S/C8H14O4S2/c1-5(7(9)10)13-3-4-14-6(2)8(11)12/h5-6H,3-4H2,1-2H3,(H,9,10)(H,11,12)/t5-,6+. The molecular formula is C8H14O4S2. The highest BCUT2D eigenvalue weighted by Gasteiger charge is 2.13. The van der Waals surface area contributed by atoms with Crippen LogP contribution in [0.25, 0.3) is 0 Å². The Kier molecular flexibility index (Phi) is 6.82. The molecule has 0 aliphatic rings. The molecule has 0 aromatic heterocycles. The zero-order valence-electron chi connectivity index (χ0n) is 8.10. The van der Waals surface area contributed by atoms with E-state index in [0.717, 1.165) is 0 Å². The Bertz CT molecular complexity index is 186. The van der Waals surface area contributed by atoms with Crippen molar-refractivity contribution in [3.63, 3.8) is 0 Å². The van der Waals surface area contributed by atoms with Gasteiger partial charge in [0.1, 0.15) is 0 Å². The van der Waals surface area contributed by atoms with Gasteiger partial charge in [-0.1, -0.05) is 0 Å². The van der Waals surface area contributed by atoms with Crippen LogP contribution >= 0.6 is 23.5 Å². The third-order valence-corrected chi connectivity index (χ3v) is 4.06. The second-order valence-corrected chi connectivity index (χ2v) is 5.60. The van der Waals surface area contributed by atoms with E-state index in [1.54, 1.807) is 13.8 Å². The number of rotatable bonds is 7. The molecule has 0 unspecified atom stereocenters. The summed E-state index contributed by atoms with van der Waals surface area (Å²) in [6.45, 7) is 3.25. The van der Waals surface area contributed by atoms with E-state index in [2.05, 4.69) is 0 Å². The Labute approximate surface area is 91.5 Å². The lowest BCUT2D eigenvalue weighted by molar-refractivity contribution is -0.137. The van der Waals surface area contributed by atoms with Crippen molar-refractivity contribution < 1.29 is 19.8 Å². The molecule has 0 fully saturated rings. The van der Waals surface area contributed by atoms with Crippen molar-refractivity contribution >= 4 is 35.5 Å². The monoisotopic (exact) mass is 238 g/mol. The molecule has 0 radical (unpaired) electrons. The van der Waals surface area contributed by atoms with Crippen molar-refractivity contribution in [2.75, 3.05) is 11.5 Å². The van der Waals surface area contributed by atoms with Gasteiger partial charge in [0.05, 0.1) is 10.5 Å². The van der Waals surface area contributed by atoms with Crippen LogP contribution in [0.1, 0.15) is 13.8 Å². The third kappa shape index (κ3) is 6.15. The number of carbonyl (C=O) groups is 2. The summed E-state index contributed by atoms with van der Waals surface area (Å²) in [5.74, 6) is -0.330. The molecule has 0 spiro atoms. The normalized spacial score (nSPS) is 14.7. The van der Waals surface area contributed by atoms with Crippen molar-refractivity contribution in [1.29, 1.82) is 0 Å². The Morgan fingerprint density at radius 3 is 1.50 bits per heavy atom. The molecule has 0 saturated heterocycles. The maximum atomic E-state index is 10.4. The van der Waals surface area contributed by atoms with E-state index in [-0.39, 0.29) is 0 Å². The van der Waals surface area contributed by atoms with Gasteiger partial charge < -0.3 is 10.2 Å². The lowest BCUT2D eigenvalue weighted by Crippen LogP contribution is -2.14. The number of aliphatic carboxylic acids is 2. The smallest absolute Gasteiger partial charge is 0.316 e. The van der Waals surface area contributed by atoms with Gasteiger partial charge in [0.2, 0.25) is 0 Å². The molecule has 0 aromatic rings. The third-order valence-electron chi connectivity index (χ3n) is 1.51. The van der Waals surface area contributed by atoms with Crippen molar-refractivity contribution in [2.45, 2.75) is 24.3 Å². The minimum absolute atomic E-state index is 0.421. The Morgan fingerprint density at radius 1 is 1.00 bits per heavy atom. The Morgan fingerprint density at radius 2 is 1.29 bits per heavy atom. The van der Waals surface area contributed by atoms with Gasteiger partial charge in [0.25, 0.3) is 0 Å². The van der Waals surface area contributed by atoms with Crippen molar-refractivity contribution in [3.05, 3.63) is 0 Å². The van der Waals surface area contributed by atoms with Gasteiger partial charge in [-0.25, -0.2) is 0 Å². The number of hydrogen-bond acceptors (Lipinski definition) is 4. The van der Waals surface area contributed by atoms with Crippen LogP contribution in [0.3, 0.4) is 0 Å². The molecule has 0 aliphatic carbocycles. The zero-order chi connectivity index (χ0) is 11.1. The fourth-order valence-corrected chi connectivity index (χ4v) is 2.35. The molecule has 0 saturated carbocycles. The largest absolute Gasteiger partial charge is 0.480 e. The number of hydrogen-bond donors (Lipinski definition) is 2. The number of carboxylic acid groups (broad SMARTS) is 2. The molecule has 0 aliphatic heterocycles. The van der Waals surface area contributed by atoms with Gasteiger partial charge >= 0.3 is 11.9 Å². The van der Waals surface area contributed by atoms with E-state index in [1.807, 2.05) is 0 Å². The first-order valence-electron chi connectivity index (χ1n) is 4.14. The lowest BCUT2D eigenvalue weighted by Gasteiger charge is -2.07. The average molecular weight is 238 g/mol. The molecule has 2 atom stereocenters. The Balaban J connectivity index is 3.47. The van der Waals surface area contributed by atoms with Gasteiger partial charge in [-0.15, -0.1) is 23.5 Å². The fourth-order valence-electron chi connectivity index (χ4n) is 0.592. The van der Waals surface area contributed by atoms with Gasteiger partial charge in [-0.3, -0.25) is 9.59 Å². The van der Waals surface area contributed by atoms with Crippen molar-refractivity contribution in [3.8, 4) is 0 Å². The van der Waals surface area contributed by atoms with Crippen LogP contribution in [0.2, 0.25) is 0 Å². The fraction of sp³-hybridized carbons (Fsp3) is 0.750. The first kappa shape index (κ1) is 13.6. The highest BCUT2D eigenvalue weighted by molar-refractivity contribution is 8.04. The molecule has 2 N–H and O–H groups in total. The van der Waals surface area contributed by atoms with Gasteiger partial charge in [0, 0.05) is 11.5 Å². The van der Waals surface area contributed by atoms with Crippen LogP contribution < -0.4 is 0 Å². The highest BCUT2D eigenvalue weighted by atomic mass is 32.2. The summed E-state index contributed by atoms with van der Waals surface area (Å²) in [6.07, 6.45) is 0. The maximum absolute atomic E-state index is 10.4. The topological polar surface area (TPSA) is 74.6 Å². The van der Waals surface area contributed by atoms with Gasteiger partial charge in [-0.05, 0) is 13.8 Å². The van der Waals surface area contributed by atoms with E-state index >= 15 is 0 Å². The molecule has 14 heavy (non-hydrogen) atoms. The highest BCUT2D eigenvalue weighted by Crippen LogP contribution is 2.16. The molecule has 4 nitrogen and oxygen atoms in total. The van der Waals surface area contributed by atoms with E-state index in [4.69, 9.17) is 10.2 Å². The predicted molar refractivity (Wildman–Crippen MR) is 59.1 cm³/mol. The minimum atomic E-state index is -0.828. The quantitative estimate of drug-likeness (QED) is 0.653. The summed E-state index contributed by atoms with van der Waals surface area (Å²) in [4.78, 5) is 20.8. The molecule has 6 heteroatoms. The van der Waals surface area contributed by atoms with Crippen molar-refractivity contribution in [2.24, 2.45) is 0 Å². The summed E-state index contributed by atoms with van der Waals surface area (Å²) >= 11 is 2.65. The van der Waals surface area contributed by atoms with Crippen molar-refractivity contribution in [1.82, 2.24) is 0 Å². The van der Waals surface area contributed by atoms with Gasteiger partial charge in [-0.2, -0.15) is 0 Å². The van der Waals surface area contributed by atoms with Gasteiger partial charge in [0.15, 0.2) is 0 Å². The maximum Gasteiger partial charge on any atom is 0.316 e. The molecule has 0 amide bonds. The van der Waals surface area contributed by atoms with Crippen LogP contribution in [0.15, 0.2) is 0 Å². The van der Waals surface area contributed by atoms with E-state index < -0.39 is 22.4 Å². The van der Waals surface area contributed by atoms with Crippen LogP contribution in [0.4, 0.5) is 0 Å². The van der Waals surface area contributed by atoms with E-state index in [9.17, 15) is 9.59 Å². The first-order chi connectivity index (χ1) is 6.45. The second kappa shape index (κ2) is 7.00. The summed E-state index contributed by atoms with van der Waals surface area (Å²) in [7, 11) is 0. The minimum Gasteiger partial charge on any atom is -0.480 e. The molecule has 0 heterocycles. The SMILES string of the molecule is C[C@H](SCCS[C@H](C)C(=O)O)C(=O)O. The average Bonchev–Trinajstić information content (AvgIpc) is 2.11. The summed E-state index contributed by atoms with van der Waals surface area (Å²) in [6, 6.07) is 0. The summed E-state index contributed by atoms with van der Waals surface area (Å²) < 4.78 is 0. The number of carboxylic acids is 2. The zero-order valence-corrected chi connectivity index (χ0v) is 9.73. The van der Waals surface area contributed by atoms with Crippen LogP contribution in [0, 0.1) is 0 Å². The lowest BCUT2D eigenvalue weighted by atomic mass is 10.5. The molecule has 82 valence electrons. The predicted octanol–water partition coefficient (Wildman–Crippen LogP) is 1.40. The van der Waals surface area contributed by atoms with E-state index in [1.165, 1.54) is 23.5 Å². The first-order valence-corrected chi connectivity index (χ1v) is 6.23. The van der Waals surface area contributed by atoms with Crippen LogP contribution in [-0.2, 0) is 9.59 Å². The number of thioether (sulfide) groups is 2. The summed E-state index contributed by atoms with van der Waals surface area (Å²) in [5.41, 5.74) is 0. The molecule has 0 aromatic carbocycles. The molecular weight excluding hydrogens is 224 g/mol. The van der Waals surface area contributed by atoms with Crippen LogP contribution in [0.5, 0.6) is 0 Å². The summed E-state index contributed by atoms with van der Waals surface area (Å²) in [5, 5.41) is 16.3.